The quantitative estimate of drug-likeness (QED) is 0.166. The first kappa shape index (κ1) is 37.9. The van der Waals surface area contributed by atoms with Crippen LogP contribution in [0.5, 0.6) is 5.75 Å². The van der Waals surface area contributed by atoms with Crippen LogP contribution < -0.4 is 15.4 Å². The predicted octanol–water partition coefficient (Wildman–Crippen LogP) is 4.02. The number of carbonyl (C=O) groups is 2. The van der Waals surface area contributed by atoms with Crippen molar-refractivity contribution in [3.8, 4) is 5.75 Å². The number of aromatic nitrogens is 1. The van der Waals surface area contributed by atoms with Crippen LogP contribution >= 0.6 is 11.3 Å². The zero-order chi connectivity index (χ0) is 35.7. The summed E-state index contributed by atoms with van der Waals surface area (Å²) >= 11 is 1.28. The molecule has 1 saturated heterocycles. The van der Waals surface area contributed by atoms with Gasteiger partial charge in [0.05, 0.1) is 48.3 Å². The molecule has 0 radical (unpaired) electrons. The van der Waals surface area contributed by atoms with Gasteiger partial charge in [-0.1, -0.05) is 63.2 Å². The number of aliphatic hydroxyl groups is 1. The summed E-state index contributed by atoms with van der Waals surface area (Å²) in [5.41, 5.74) is 1.44. The lowest BCUT2D eigenvalue weighted by molar-refractivity contribution is -0.129. The maximum Gasteiger partial charge on any atom is 0.318 e. The van der Waals surface area contributed by atoms with E-state index in [1.807, 2.05) is 58.0 Å². The zero-order valence-corrected chi connectivity index (χ0v) is 30.1. The van der Waals surface area contributed by atoms with Gasteiger partial charge in [-0.05, 0) is 48.1 Å². The molecule has 3 N–H and O–H groups in total. The summed E-state index contributed by atoms with van der Waals surface area (Å²) in [6, 6.07) is 13.7. The van der Waals surface area contributed by atoms with Crippen molar-refractivity contribution in [1.82, 2.24) is 24.8 Å². The zero-order valence-electron chi connectivity index (χ0n) is 28.5. The summed E-state index contributed by atoms with van der Waals surface area (Å²) in [5.74, 6) is -0.764. The molecule has 49 heavy (non-hydrogen) atoms. The standard InChI is InChI=1S/C34H46N6O7S2/c1-22(2)18-39(49(45,46)27-13-11-26(47-5)12-14-27)20-30(41)28(15-24-9-7-6-8-10-24)38-33(42)32(23(3)4)29-16-35-34(43)40(29)19-25-21-48-31(37-25)17-36-44/h6-14,21-23,28-30,32,41H,15-20H2,1-5H3,(H,35,43)(H,38,42)/t28-,29?,30+,32-/m0/s1. The molecule has 1 fully saturated rings. The normalized spacial score (nSPS) is 16.9. The first-order valence-corrected chi connectivity index (χ1v) is 18.6. The van der Waals surface area contributed by atoms with Crippen LogP contribution in [-0.2, 0) is 34.3 Å². The SMILES string of the molecule is COc1ccc(S(=O)(=O)N(CC(C)C)C[C@@H](O)[C@H](Cc2ccccc2)NC(=O)[C@@H](C(C)C)C2CNC(=O)N2Cc2csc(CN=O)n2)cc1. The summed E-state index contributed by atoms with van der Waals surface area (Å²) in [5, 5.41) is 22.9. The number of hydrogen-bond donors (Lipinski definition) is 3. The van der Waals surface area contributed by atoms with Crippen LogP contribution in [0.15, 0.2) is 70.0 Å². The largest absolute Gasteiger partial charge is 0.497 e. The van der Waals surface area contributed by atoms with Gasteiger partial charge < -0.3 is 25.4 Å². The van der Waals surface area contributed by atoms with Gasteiger partial charge in [0.1, 0.15) is 17.3 Å². The van der Waals surface area contributed by atoms with Gasteiger partial charge in [0.15, 0.2) is 0 Å². The van der Waals surface area contributed by atoms with Gasteiger partial charge >= 0.3 is 6.03 Å². The summed E-state index contributed by atoms with van der Waals surface area (Å²) in [6.07, 6.45) is -1.03. The highest BCUT2D eigenvalue weighted by molar-refractivity contribution is 7.89. The van der Waals surface area contributed by atoms with Gasteiger partial charge in [-0.15, -0.1) is 11.3 Å². The first-order chi connectivity index (χ1) is 23.3. The lowest BCUT2D eigenvalue weighted by atomic mass is 9.86. The lowest BCUT2D eigenvalue weighted by Crippen LogP contribution is -2.55. The first-order valence-electron chi connectivity index (χ1n) is 16.3. The molecule has 4 atom stereocenters. The van der Waals surface area contributed by atoms with Crippen molar-refractivity contribution in [2.24, 2.45) is 22.9 Å². The Hall–Kier alpha value is -3.92. The number of aliphatic hydroxyl groups excluding tert-OH is 1. The van der Waals surface area contributed by atoms with Crippen LogP contribution in [0.4, 0.5) is 4.79 Å². The average molecular weight is 715 g/mol. The third-order valence-corrected chi connectivity index (χ3v) is 11.2. The number of rotatable bonds is 18. The van der Waals surface area contributed by atoms with E-state index in [0.717, 1.165) is 5.56 Å². The summed E-state index contributed by atoms with van der Waals surface area (Å²) in [6.45, 7) is 7.81. The maximum absolute atomic E-state index is 14.2. The molecule has 0 spiro atoms. The highest BCUT2D eigenvalue weighted by Gasteiger charge is 2.43. The van der Waals surface area contributed by atoms with E-state index in [4.69, 9.17) is 4.74 Å². The van der Waals surface area contributed by atoms with Crippen molar-refractivity contribution in [3.63, 3.8) is 0 Å². The minimum atomic E-state index is -4.01. The number of amides is 3. The topological polar surface area (TPSA) is 171 Å². The minimum Gasteiger partial charge on any atom is -0.497 e. The van der Waals surface area contributed by atoms with Gasteiger partial charge in [0, 0.05) is 25.0 Å². The molecule has 1 aliphatic heterocycles. The number of hydrogen-bond acceptors (Lipinski definition) is 10. The van der Waals surface area contributed by atoms with Crippen molar-refractivity contribution >= 4 is 33.3 Å². The van der Waals surface area contributed by atoms with Crippen molar-refractivity contribution in [2.75, 3.05) is 26.7 Å². The summed E-state index contributed by atoms with van der Waals surface area (Å²) in [7, 11) is -2.51. The molecule has 2 aromatic carbocycles. The van der Waals surface area contributed by atoms with Crippen LogP contribution in [0.3, 0.4) is 0 Å². The number of sulfonamides is 1. The van der Waals surface area contributed by atoms with Gasteiger partial charge in [-0.25, -0.2) is 18.2 Å². The molecule has 1 unspecified atom stereocenters. The smallest absolute Gasteiger partial charge is 0.318 e. The fraction of sp³-hybridized carbons (Fsp3) is 0.500. The van der Waals surface area contributed by atoms with Crippen molar-refractivity contribution in [1.29, 1.82) is 0 Å². The molecule has 1 aliphatic rings. The van der Waals surface area contributed by atoms with E-state index < -0.39 is 34.1 Å². The van der Waals surface area contributed by atoms with Crippen LogP contribution in [0, 0.1) is 22.7 Å². The molecule has 266 valence electrons. The number of carbonyl (C=O) groups excluding carboxylic acids is 2. The summed E-state index contributed by atoms with van der Waals surface area (Å²) in [4.78, 5) is 44.0. The van der Waals surface area contributed by atoms with Crippen molar-refractivity contribution < 1.29 is 27.9 Å². The number of ether oxygens (including phenoxy) is 1. The monoisotopic (exact) mass is 714 g/mol. The number of urea groups is 1. The van der Waals surface area contributed by atoms with Crippen LogP contribution in [-0.4, -0.2) is 84.6 Å². The molecule has 13 nitrogen and oxygen atoms in total. The molecule has 1 aromatic heterocycles. The molecule has 4 rings (SSSR count). The third kappa shape index (κ3) is 9.84. The Balaban J connectivity index is 1.60. The van der Waals surface area contributed by atoms with E-state index in [0.29, 0.717) is 16.5 Å². The molecule has 0 bridgehead atoms. The second-order valence-corrected chi connectivity index (χ2v) is 15.8. The summed E-state index contributed by atoms with van der Waals surface area (Å²) < 4.78 is 34.2. The second-order valence-electron chi connectivity index (χ2n) is 12.9. The van der Waals surface area contributed by atoms with Crippen LogP contribution in [0.2, 0.25) is 0 Å². The number of nitroso groups, excluding NO2 is 1. The van der Waals surface area contributed by atoms with Crippen LogP contribution in [0.25, 0.3) is 0 Å². The number of nitrogens with zero attached hydrogens (tertiary/aromatic N) is 4. The number of benzene rings is 2. The average Bonchev–Trinajstić information content (AvgIpc) is 3.66. The van der Waals surface area contributed by atoms with Gasteiger partial charge in [0.2, 0.25) is 15.9 Å². The minimum absolute atomic E-state index is 0.0467. The number of nitrogens with one attached hydrogen (secondary N) is 2. The van der Waals surface area contributed by atoms with E-state index in [-0.39, 0.29) is 67.8 Å². The lowest BCUT2D eigenvalue weighted by Gasteiger charge is -2.35. The van der Waals surface area contributed by atoms with Gasteiger partial charge in [-0.3, -0.25) is 4.79 Å². The third-order valence-electron chi connectivity index (χ3n) is 8.44. The predicted molar refractivity (Wildman–Crippen MR) is 187 cm³/mol. The molecule has 3 amide bonds. The molecule has 3 aromatic rings. The number of thiazole rings is 1. The van der Waals surface area contributed by atoms with E-state index in [1.165, 1.54) is 34.9 Å². The highest BCUT2D eigenvalue weighted by Crippen LogP contribution is 2.27. The highest BCUT2D eigenvalue weighted by atomic mass is 32.2. The van der Waals surface area contributed by atoms with E-state index in [2.05, 4.69) is 20.8 Å². The fourth-order valence-corrected chi connectivity index (χ4v) is 8.37. The van der Waals surface area contributed by atoms with Crippen molar-refractivity contribution in [3.05, 3.63) is 81.1 Å². The Labute approximate surface area is 292 Å². The Morgan fingerprint density at radius 2 is 1.84 bits per heavy atom. The maximum atomic E-state index is 14.2. The van der Waals surface area contributed by atoms with Crippen molar-refractivity contribution in [2.45, 2.75) is 70.3 Å². The Kier molecular flexibility index (Phi) is 13.3. The van der Waals surface area contributed by atoms with E-state index >= 15 is 0 Å². The molecule has 2 heterocycles. The Bertz CT molecular complexity index is 1650. The van der Waals surface area contributed by atoms with Gasteiger partial charge in [-0.2, -0.15) is 9.21 Å². The molecule has 15 heteroatoms. The Morgan fingerprint density at radius 1 is 1.14 bits per heavy atom. The molecular weight excluding hydrogens is 669 g/mol. The molecule has 0 saturated carbocycles. The second kappa shape index (κ2) is 17.1. The molecule has 0 aliphatic carbocycles. The van der Waals surface area contributed by atoms with Gasteiger partial charge in [0.25, 0.3) is 0 Å². The number of methoxy groups -OCH3 is 1. The van der Waals surface area contributed by atoms with Crippen LogP contribution in [0.1, 0.15) is 44.0 Å². The fourth-order valence-electron chi connectivity index (χ4n) is 6.05. The van der Waals surface area contributed by atoms with E-state index in [1.54, 1.807) is 22.4 Å². The van der Waals surface area contributed by atoms with E-state index in [9.17, 15) is 28.0 Å². The Morgan fingerprint density at radius 3 is 2.45 bits per heavy atom. The molecular formula is C34H46N6O7S2.